The van der Waals surface area contributed by atoms with Crippen molar-refractivity contribution in [3.8, 4) is 0 Å². The highest BCUT2D eigenvalue weighted by Gasteiger charge is 1.83. The van der Waals surface area contributed by atoms with Crippen LogP contribution in [0.5, 0.6) is 0 Å². The van der Waals surface area contributed by atoms with E-state index in [4.69, 9.17) is 5.11 Å². The number of carboxylic acids is 1. The minimum atomic E-state index is -0.829. The monoisotopic (exact) mass is 168 g/mol. The molecule has 0 saturated carbocycles. The Hall–Kier alpha value is 0.482. The lowest BCUT2D eigenvalue weighted by Crippen LogP contribution is -1.92. The Morgan fingerprint density at radius 3 is 2.00 bits per heavy atom. The Kier molecular flexibility index (Phi) is 8.86. The van der Waals surface area contributed by atoms with Gasteiger partial charge < -0.3 is 5.11 Å². The van der Waals surface area contributed by atoms with Gasteiger partial charge in [-0.1, -0.05) is 15.9 Å². The average Bonchev–Trinajstić information content (AvgIpc) is 1.38. The molecule has 0 aromatic heterocycles. The fraction of sp³-hybridized carbons (Fsp3) is 0.500. The zero-order valence-corrected chi connectivity index (χ0v) is 4.03. The van der Waals surface area contributed by atoms with Gasteiger partial charge in [0, 0.05) is 0 Å². The Balaban J connectivity index is 0. The first-order valence-corrected chi connectivity index (χ1v) is 2.17. The van der Waals surface area contributed by atoms with E-state index < -0.39 is 5.97 Å². The largest absolute Gasteiger partial charge is 0.481 e. The van der Waals surface area contributed by atoms with Crippen LogP contribution in [-0.2, 0) is 4.79 Å². The molecule has 0 bridgehead atoms. The molecule has 0 unspecified atom stereocenters. The molecule has 0 aromatic rings. The Morgan fingerprint density at radius 1 is 1.83 bits per heavy atom. The van der Waals surface area contributed by atoms with Crippen molar-refractivity contribution < 1.29 is 9.90 Å². The first kappa shape index (κ1) is 9.70. The topological polar surface area (TPSA) is 37.3 Å². The van der Waals surface area contributed by atoms with E-state index in [0.29, 0.717) is 0 Å². The summed E-state index contributed by atoms with van der Waals surface area (Å²) in [6, 6.07) is 0. The molecule has 0 atom stereocenters. The summed E-state index contributed by atoms with van der Waals surface area (Å²) < 4.78 is 0. The molecule has 0 fully saturated rings. The molecule has 36 valence electrons. The fourth-order valence-corrected chi connectivity index (χ4v) is 0. The molecule has 0 radical (unpaired) electrons. The molecule has 2 nitrogen and oxygen atoms in total. The van der Waals surface area contributed by atoms with E-state index in [2.05, 4.69) is 15.9 Å². The maximum absolute atomic E-state index is 9.32. The van der Waals surface area contributed by atoms with Gasteiger partial charge in [0.2, 0.25) is 0 Å². The summed E-state index contributed by atoms with van der Waals surface area (Å²) in [7, 11) is 0. The smallest absolute Gasteiger partial charge is 0.314 e. The third-order valence-corrected chi connectivity index (χ3v) is 0.594. The molecule has 0 saturated heterocycles. The summed E-state index contributed by atoms with van der Waals surface area (Å²) in [5.74, 6) is -0.829. The summed E-state index contributed by atoms with van der Waals surface area (Å²) in [5.41, 5.74) is 0. The molecule has 0 aromatic carbocycles. The van der Waals surface area contributed by atoms with Crippen LogP contribution >= 0.6 is 15.9 Å². The van der Waals surface area contributed by atoms with Gasteiger partial charge in [-0.2, -0.15) is 0 Å². The predicted molar refractivity (Wildman–Crippen MR) is 31.4 cm³/mol. The summed E-state index contributed by atoms with van der Waals surface area (Å²) in [6.07, 6.45) is 0. The number of carbonyl (C=O) groups is 1. The van der Waals surface area contributed by atoms with Crippen LogP contribution in [0.25, 0.3) is 0 Å². The minimum Gasteiger partial charge on any atom is -0.481 e. The van der Waals surface area contributed by atoms with Crippen LogP contribution < -0.4 is 0 Å². The summed E-state index contributed by atoms with van der Waals surface area (Å²) >= 11 is 2.71. The SMILES string of the molecule is O=C(O)CBr.[AlH3]. The van der Waals surface area contributed by atoms with Gasteiger partial charge in [0.15, 0.2) is 17.4 Å². The molecule has 0 amide bonds. The number of hydrogen-bond donors (Lipinski definition) is 1. The van der Waals surface area contributed by atoms with Crippen molar-refractivity contribution in [3.63, 3.8) is 0 Å². The molecule has 0 aliphatic rings. The summed E-state index contributed by atoms with van der Waals surface area (Å²) in [6.45, 7) is 0. The highest BCUT2D eigenvalue weighted by atomic mass is 79.9. The van der Waals surface area contributed by atoms with E-state index >= 15 is 0 Å². The van der Waals surface area contributed by atoms with Gasteiger partial charge in [0.05, 0.1) is 0 Å². The normalized spacial score (nSPS) is 6.17. The molecule has 0 aliphatic heterocycles. The first-order valence-electron chi connectivity index (χ1n) is 1.05. The molecule has 1 N–H and O–H groups in total. The Labute approximate surface area is 54.8 Å². The number of aliphatic carboxylic acids is 1. The van der Waals surface area contributed by atoms with E-state index in [0.717, 1.165) is 0 Å². The van der Waals surface area contributed by atoms with Crippen LogP contribution in [-0.4, -0.2) is 33.8 Å². The van der Waals surface area contributed by atoms with Crippen molar-refractivity contribution in [2.24, 2.45) is 0 Å². The van der Waals surface area contributed by atoms with Crippen LogP contribution in [0.2, 0.25) is 0 Å². The van der Waals surface area contributed by atoms with Crippen molar-refractivity contribution in [1.29, 1.82) is 0 Å². The van der Waals surface area contributed by atoms with E-state index in [1.165, 1.54) is 0 Å². The number of carboxylic acid groups (broad SMARTS) is 1. The number of rotatable bonds is 1. The summed E-state index contributed by atoms with van der Waals surface area (Å²) in [5, 5.41) is 7.71. The number of alkyl halides is 1. The predicted octanol–water partition coefficient (Wildman–Crippen LogP) is -0.718. The Bertz CT molecular complexity index is 46.8. The quantitative estimate of drug-likeness (QED) is 0.415. The second-order valence-corrected chi connectivity index (χ2v) is 1.09. The van der Waals surface area contributed by atoms with E-state index in [-0.39, 0.29) is 22.7 Å². The maximum Gasteiger partial charge on any atom is 0.314 e. The molecule has 0 heterocycles. The van der Waals surface area contributed by atoms with Crippen molar-refractivity contribution in [3.05, 3.63) is 0 Å². The lowest BCUT2D eigenvalue weighted by molar-refractivity contribution is -0.133. The lowest BCUT2D eigenvalue weighted by atomic mass is 10.8. The first-order chi connectivity index (χ1) is 2.27. The molecule has 6 heavy (non-hydrogen) atoms. The second-order valence-electron chi connectivity index (χ2n) is 0.527. The van der Waals surface area contributed by atoms with Gasteiger partial charge in [0.25, 0.3) is 0 Å². The van der Waals surface area contributed by atoms with Crippen LogP contribution in [0.4, 0.5) is 0 Å². The van der Waals surface area contributed by atoms with Gasteiger partial charge in [0.1, 0.15) is 5.33 Å². The molecule has 4 heteroatoms. The average molecular weight is 169 g/mol. The molecule has 0 rings (SSSR count). The summed E-state index contributed by atoms with van der Waals surface area (Å²) in [4.78, 5) is 9.32. The second kappa shape index (κ2) is 5.48. The van der Waals surface area contributed by atoms with Crippen molar-refractivity contribution >= 4 is 39.3 Å². The van der Waals surface area contributed by atoms with Gasteiger partial charge in [-0.15, -0.1) is 0 Å². The zero-order valence-electron chi connectivity index (χ0n) is 2.44. The molecular formula is C2H6AlBrO2. The van der Waals surface area contributed by atoms with Gasteiger partial charge >= 0.3 is 5.97 Å². The highest BCUT2D eigenvalue weighted by Crippen LogP contribution is 1.73. The zero-order chi connectivity index (χ0) is 4.28. The highest BCUT2D eigenvalue weighted by molar-refractivity contribution is 9.09. The third kappa shape index (κ3) is 8.82. The fourth-order valence-electron chi connectivity index (χ4n) is 0. The molecule has 0 spiro atoms. The van der Waals surface area contributed by atoms with Crippen LogP contribution in [0.1, 0.15) is 0 Å². The molecule has 0 aliphatic carbocycles. The standard InChI is InChI=1S/C2H3BrO2.Al.3H/c3-1-2(4)5;;;;/h1H2,(H,4,5);;;;. The van der Waals surface area contributed by atoms with Crippen LogP contribution in [0.3, 0.4) is 0 Å². The maximum atomic E-state index is 9.32. The van der Waals surface area contributed by atoms with Gasteiger partial charge in [-0.3, -0.25) is 4.79 Å². The molecular weight excluding hydrogens is 163 g/mol. The van der Waals surface area contributed by atoms with E-state index in [1.807, 2.05) is 0 Å². The van der Waals surface area contributed by atoms with Gasteiger partial charge in [-0.25, -0.2) is 0 Å². The minimum absolute atomic E-state index is 0. The number of hydrogen-bond acceptors (Lipinski definition) is 1. The van der Waals surface area contributed by atoms with Crippen molar-refractivity contribution in [2.45, 2.75) is 0 Å². The lowest BCUT2D eigenvalue weighted by Gasteiger charge is -1.70. The van der Waals surface area contributed by atoms with Crippen LogP contribution in [0, 0.1) is 0 Å². The van der Waals surface area contributed by atoms with E-state index in [1.54, 1.807) is 0 Å². The van der Waals surface area contributed by atoms with Crippen molar-refractivity contribution in [1.82, 2.24) is 0 Å². The van der Waals surface area contributed by atoms with Crippen LogP contribution in [0.15, 0.2) is 0 Å². The number of halogens is 1. The van der Waals surface area contributed by atoms with Crippen molar-refractivity contribution in [2.75, 3.05) is 5.33 Å². The van der Waals surface area contributed by atoms with Gasteiger partial charge in [-0.05, 0) is 0 Å². The third-order valence-electron chi connectivity index (χ3n) is 0.114. The van der Waals surface area contributed by atoms with E-state index in [9.17, 15) is 4.79 Å². The Morgan fingerprint density at radius 2 is 2.00 bits per heavy atom.